The van der Waals surface area contributed by atoms with Crippen LogP contribution in [-0.4, -0.2) is 18.0 Å². The SMILES string of the molecule is Cc1ccc(NC(=O)Nc2ccc(C(=O)NC3CCCC3)cc2)c(C)c1. The molecule has 0 aromatic heterocycles. The summed E-state index contributed by atoms with van der Waals surface area (Å²) >= 11 is 0. The van der Waals surface area contributed by atoms with Crippen molar-refractivity contribution in [3.63, 3.8) is 0 Å². The van der Waals surface area contributed by atoms with Crippen LogP contribution >= 0.6 is 0 Å². The second-order valence-corrected chi connectivity index (χ2v) is 6.93. The lowest BCUT2D eigenvalue weighted by Crippen LogP contribution is -2.32. The second-order valence-electron chi connectivity index (χ2n) is 6.93. The van der Waals surface area contributed by atoms with Crippen molar-refractivity contribution < 1.29 is 9.59 Å². The number of amides is 3. The van der Waals surface area contributed by atoms with Crippen LogP contribution in [0.3, 0.4) is 0 Å². The Kier molecular flexibility index (Phi) is 5.56. The van der Waals surface area contributed by atoms with Crippen molar-refractivity contribution in [1.82, 2.24) is 5.32 Å². The van der Waals surface area contributed by atoms with Gasteiger partial charge in [-0.05, 0) is 62.6 Å². The van der Waals surface area contributed by atoms with Crippen molar-refractivity contribution in [1.29, 1.82) is 0 Å². The Labute approximate surface area is 154 Å². The highest BCUT2D eigenvalue weighted by Crippen LogP contribution is 2.19. The number of hydrogen-bond donors (Lipinski definition) is 3. The second kappa shape index (κ2) is 8.04. The number of hydrogen-bond acceptors (Lipinski definition) is 2. The summed E-state index contributed by atoms with van der Waals surface area (Å²) < 4.78 is 0. The molecule has 1 saturated carbocycles. The summed E-state index contributed by atoms with van der Waals surface area (Å²) in [6, 6.07) is 12.8. The van der Waals surface area contributed by atoms with Crippen molar-refractivity contribution in [2.45, 2.75) is 45.6 Å². The fraction of sp³-hybridized carbons (Fsp3) is 0.333. The van der Waals surface area contributed by atoms with E-state index in [0.717, 1.165) is 29.7 Å². The van der Waals surface area contributed by atoms with Crippen molar-refractivity contribution in [3.8, 4) is 0 Å². The molecule has 3 amide bonds. The first-order valence-corrected chi connectivity index (χ1v) is 9.07. The molecule has 1 aliphatic carbocycles. The summed E-state index contributed by atoms with van der Waals surface area (Å²) in [5, 5.41) is 8.69. The van der Waals surface area contributed by atoms with Gasteiger partial charge in [-0.15, -0.1) is 0 Å². The first-order valence-electron chi connectivity index (χ1n) is 9.07. The van der Waals surface area contributed by atoms with Gasteiger partial charge in [-0.1, -0.05) is 30.5 Å². The van der Waals surface area contributed by atoms with Gasteiger partial charge in [0.05, 0.1) is 0 Å². The highest BCUT2D eigenvalue weighted by molar-refractivity contribution is 6.01. The molecule has 0 atom stereocenters. The van der Waals surface area contributed by atoms with Gasteiger partial charge < -0.3 is 16.0 Å². The molecule has 0 bridgehead atoms. The molecule has 2 aromatic rings. The number of aryl methyl sites for hydroxylation is 2. The van der Waals surface area contributed by atoms with E-state index in [9.17, 15) is 9.59 Å². The van der Waals surface area contributed by atoms with Crippen LogP contribution in [0.15, 0.2) is 42.5 Å². The summed E-state index contributed by atoms with van der Waals surface area (Å²) in [6.07, 6.45) is 4.49. The largest absolute Gasteiger partial charge is 0.349 e. The molecule has 136 valence electrons. The summed E-state index contributed by atoms with van der Waals surface area (Å²) in [7, 11) is 0. The predicted molar refractivity (Wildman–Crippen MR) is 105 cm³/mol. The lowest BCUT2D eigenvalue weighted by Gasteiger charge is -2.13. The van der Waals surface area contributed by atoms with Gasteiger partial charge in [0.25, 0.3) is 5.91 Å². The van der Waals surface area contributed by atoms with Crippen LogP contribution in [0.5, 0.6) is 0 Å². The molecule has 5 nitrogen and oxygen atoms in total. The fourth-order valence-corrected chi connectivity index (χ4v) is 3.28. The lowest BCUT2D eigenvalue weighted by atomic mass is 10.1. The summed E-state index contributed by atoms with van der Waals surface area (Å²) in [5.41, 5.74) is 4.20. The van der Waals surface area contributed by atoms with E-state index in [1.165, 1.54) is 12.8 Å². The molecular formula is C21H25N3O2. The first-order chi connectivity index (χ1) is 12.5. The Morgan fingerprint density at radius 2 is 1.62 bits per heavy atom. The Balaban J connectivity index is 1.56. The molecule has 5 heteroatoms. The maximum atomic E-state index is 12.2. The van der Waals surface area contributed by atoms with Crippen molar-refractivity contribution in [2.24, 2.45) is 0 Å². The summed E-state index contributed by atoms with van der Waals surface area (Å²) in [4.78, 5) is 24.4. The third kappa shape index (κ3) is 4.63. The smallest absolute Gasteiger partial charge is 0.323 e. The number of anilines is 2. The molecule has 1 aliphatic rings. The number of carbonyl (C=O) groups excluding carboxylic acids is 2. The number of nitrogens with one attached hydrogen (secondary N) is 3. The number of urea groups is 1. The molecule has 26 heavy (non-hydrogen) atoms. The third-order valence-corrected chi connectivity index (χ3v) is 4.73. The molecule has 0 saturated heterocycles. The van der Waals surface area contributed by atoms with Crippen molar-refractivity contribution in [3.05, 3.63) is 59.2 Å². The van der Waals surface area contributed by atoms with Crippen LogP contribution in [0, 0.1) is 13.8 Å². The standard InChI is InChI=1S/C21H25N3O2/c1-14-7-12-19(15(2)13-14)24-21(26)23-18-10-8-16(9-11-18)20(25)22-17-5-3-4-6-17/h7-13,17H,3-6H2,1-2H3,(H,22,25)(H2,23,24,26). The molecule has 0 heterocycles. The molecule has 0 spiro atoms. The molecule has 0 aliphatic heterocycles. The van der Waals surface area contributed by atoms with Crippen molar-refractivity contribution in [2.75, 3.05) is 10.6 Å². The predicted octanol–water partition coefficient (Wildman–Crippen LogP) is 4.62. The van der Waals surface area contributed by atoms with E-state index in [0.29, 0.717) is 17.3 Å². The van der Waals surface area contributed by atoms with E-state index in [-0.39, 0.29) is 11.9 Å². The number of rotatable bonds is 4. The van der Waals surface area contributed by atoms with Crippen molar-refractivity contribution >= 4 is 23.3 Å². The molecule has 0 unspecified atom stereocenters. The minimum atomic E-state index is -0.305. The minimum Gasteiger partial charge on any atom is -0.349 e. The molecule has 2 aromatic carbocycles. The summed E-state index contributed by atoms with van der Waals surface area (Å²) in [6.45, 7) is 3.97. The van der Waals surface area contributed by atoms with Crippen LogP contribution in [0.1, 0.15) is 47.2 Å². The van der Waals surface area contributed by atoms with Gasteiger partial charge in [0.15, 0.2) is 0 Å². The lowest BCUT2D eigenvalue weighted by molar-refractivity contribution is 0.0938. The molecule has 3 N–H and O–H groups in total. The van der Waals surface area contributed by atoms with Crippen LogP contribution in [-0.2, 0) is 0 Å². The molecule has 1 fully saturated rings. The minimum absolute atomic E-state index is 0.0526. The van der Waals surface area contributed by atoms with Gasteiger partial charge in [-0.25, -0.2) is 4.79 Å². The third-order valence-electron chi connectivity index (χ3n) is 4.73. The van der Waals surface area contributed by atoms with Gasteiger partial charge in [0, 0.05) is 23.0 Å². The topological polar surface area (TPSA) is 70.2 Å². The van der Waals surface area contributed by atoms with E-state index in [1.54, 1.807) is 24.3 Å². The zero-order chi connectivity index (χ0) is 18.5. The first kappa shape index (κ1) is 18.0. The quantitative estimate of drug-likeness (QED) is 0.752. The van der Waals surface area contributed by atoms with Crippen LogP contribution in [0.2, 0.25) is 0 Å². The van der Waals surface area contributed by atoms with Gasteiger partial charge in [0.1, 0.15) is 0 Å². The van der Waals surface area contributed by atoms with E-state index < -0.39 is 0 Å². The van der Waals surface area contributed by atoms with Gasteiger partial charge in [-0.3, -0.25) is 4.79 Å². The van der Waals surface area contributed by atoms with Gasteiger partial charge in [-0.2, -0.15) is 0 Å². The molecule has 0 radical (unpaired) electrons. The molecular weight excluding hydrogens is 326 g/mol. The highest BCUT2D eigenvalue weighted by Gasteiger charge is 2.17. The number of carbonyl (C=O) groups is 2. The zero-order valence-electron chi connectivity index (χ0n) is 15.3. The van der Waals surface area contributed by atoms with E-state index in [4.69, 9.17) is 0 Å². The van der Waals surface area contributed by atoms with Gasteiger partial charge >= 0.3 is 6.03 Å². The maximum absolute atomic E-state index is 12.2. The van der Waals surface area contributed by atoms with E-state index >= 15 is 0 Å². The fourth-order valence-electron chi connectivity index (χ4n) is 3.28. The average molecular weight is 351 g/mol. The Bertz CT molecular complexity index is 793. The van der Waals surface area contributed by atoms with Crippen LogP contribution in [0.4, 0.5) is 16.2 Å². The van der Waals surface area contributed by atoms with E-state index in [2.05, 4.69) is 16.0 Å². The van der Waals surface area contributed by atoms with Crippen LogP contribution in [0.25, 0.3) is 0 Å². The zero-order valence-corrected chi connectivity index (χ0v) is 15.3. The summed E-state index contributed by atoms with van der Waals surface area (Å²) in [5.74, 6) is -0.0526. The average Bonchev–Trinajstić information content (AvgIpc) is 3.11. The van der Waals surface area contributed by atoms with E-state index in [1.807, 2.05) is 32.0 Å². The Hall–Kier alpha value is -2.82. The maximum Gasteiger partial charge on any atom is 0.323 e. The van der Waals surface area contributed by atoms with Crippen LogP contribution < -0.4 is 16.0 Å². The number of benzene rings is 2. The normalized spacial score (nSPS) is 14.1. The Morgan fingerprint density at radius 1 is 0.923 bits per heavy atom. The molecule has 3 rings (SSSR count). The monoisotopic (exact) mass is 351 g/mol. The van der Waals surface area contributed by atoms with Gasteiger partial charge in [0.2, 0.25) is 0 Å². The highest BCUT2D eigenvalue weighted by atomic mass is 16.2. The Morgan fingerprint density at radius 3 is 2.27 bits per heavy atom.